The molecule has 10 heteroatoms. The van der Waals surface area contributed by atoms with Crippen LogP contribution in [0.4, 0.5) is 0 Å². The Bertz CT molecular complexity index is 1140. The minimum atomic E-state index is -1.32. The van der Waals surface area contributed by atoms with Crippen LogP contribution in [0.3, 0.4) is 0 Å². The predicted molar refractivity (Wildman–Crippen MR) is 112 cm³/mol. The Morgan fingerprint density at radius 1 is 0.500 bits per heavy atom. The van der Waals surface area contributed by atoms with Crippen molar-refractivity contribution in [1.82, 2.24) is 0 Å². The van der Waals surface area contributed by atoms with Crippen molar-refractivity contribution in [1.29, 1.82) is 15.8 Å². The summed E-state index contributed by atoms with van der Waals surface area (Å²) in [6.45, 7) is 0. The number of carboxylic acid groups (broad SMARTS) is 3. The first-order valence-electron chi connectivity index (χ1n) is 8.88. The van der Waals surface area contributed by atoms with Gasteiger partial charge in [0.2, 0.25) is 0 Å². The molecular weight excluding hydrogens is 541 g/mol. The number of carbonyl (C=O) groups excluding carboxylic acids is 3. The fraction of sp³-hybridized carbons (Fsp3) is 0. The smallest absolute Gasteiger partial charge is 0.545 e. The molecule has 0 unspecified atom stereocenters. The average Bonchev–Trinajstić information content (AvgIpc) is 2.84. The summed E-state index contributed by atoms with van der Waals surface area (Å²) in [6.07, 6.45) is 0. The number of benzene rings is 3. The van der Waals surface area contributed by atoms with Gasteiger partial charge < -0.3 is 29.7 Å². The van der Waals surface area contributed by atoms with Crippen molar-refractivity contribution in [3.8, 4) is 18.2 Å². The van der Waals surface area contributed by atoms with Gasteiger partial charge >= 0.3 is 25.8 Å². The van der Waals surface area contributed by atoms with Crippen molar-refractivity contribution >= 4 is 43.8 Å². The normalized spacial score (nSPS) is 8.38. The molecule has 0 radical (unpaired) electrons. The fourth-order valence-corrected chi connectivity index (χ4v) is 2.28. The molecule has 3 aromatic rings. The quantitative estimate of drug-likeness (QED) is 0.407. The molecule has 0 saturated carbocycles. The summed E-state index contributed by atoms with van der Waals surface area (Å²) in [5.41, 5.74) is 0.215. The minimum absolute atomic E-state index is 0. The van der Waals surface area contributed by atoms with Crippen molar-refractivity contribution in [2.45, 2.75) is 0 Å². The van der Waals surface area contributed by atoms with Gasteiger partial charge in [0, 0.05) is 16.7 Å². The zero-order chi connectivity index (χ0) is 24.8. The maximum absolute atomic E-state index is 10.3. The summed E-state index contributed by atoms with van der Waals surface area (Å²) < 4.78 is 0. The van der Waals surface area contributed by atoms with Gasteiger partial charge in [0.05, 0.1) is 52.8 Å². The molecule has 3 aromatic carbocycles. The number of carbonyl (C=O) groups is 3. The van der Waals surface area contributed by atoms with E-state index in [1.807, 2.05) is 0 Å². The number of rotatable bonds is 3. The van der Waals surface area contributed by atoms with E-state index >= 15 is 0 Å². The van der Waals surface area contributed by atoms with Crippen molar-refractivity contribution in [2.24, 2.45) is 0 Å². The molecule has 0 aliphatic heterocycles. The van der Waals surface area contributed by atoms with Crippen molar-refractivity contribution in [3.63, 3.8) is 0 Å². The summed E-state index contributed by atoms with van der Waals surface area (Å²) >= 11 is 0. The molecule has 162 valence electrons. The second kappa shape index (κ2) is 15.3. The number of carboxylic acids is 3. The monoisotopic (exact) mass is 553 g/mol. The zero-order valence-corrected chi connectivity index (χ0v) is 20.6. The van der Waals surface area contributed by atoms with E-state index in [0.717, 1.165) is 0 Å². The Labute approximate surface area is 213 Å². The van der Waals surface area contributed by atoms with Crippen LogP contribution in [-0.4, -0.2) is 43.8 Å². The third-order valence-electron chi connectivity index (χ3n) is 3.80. The van der Waals surface area contributed by atoms with Crippen molar-refractivity contribution < 1.29 is 29.7 Å². The third kappa shape index (κ3) is 8.88. The first-order chi connectivity index (χ1) is 15.8. The summed E-state index contributed by atoms with van der Waals surface area (Å²) in [7, 11) is 0. The van der Waals surface area contributed by atoms with E-state index < -0.39 is 17.9 Å². The molecule has 0 aliphatic carbocycles. The zero-order valence-electron chi connectivity index (χ0n) is 17.3. The standard InChI is InChI=1S/3C8H5NO2.In/c3*9-5-6-3-1-2-4-7(6)8(10)11;/h3*1-4H,(H,10,11);/q;;;+3/p-3. The average molecular weight is 553 g/mol. The second-order valence-corrected chi connectivity index (χ2v) is 5.83. The van der Waals surface area contributed by atoms with Gasteiger partial charge in [0.25, 0.3) is 0 Å². The molecule has 0 aliphatic rings. The van der Waals surface area contributed by atoms with Crippen LogP contribution in [0.25, 0.3) is 0 Å². The topological polar surface area (TPSA) is 192 Å². The van der Waals surface area contributed by atoms with Gasteiger partial charge in [-0.15, -0.1) is 0 Å². The molecule has 34 heavy (non-hydrogen) atoms. The van der Waals surface area contributed by atoms with E-state index in [0.29, 0.717) is 0 Å². The van der Waals surface area contributed by atoms with E-state index in [4.69, 9.17) is 15.8 Å². The number of nitriles is 3. The van der Waals surface area contributed by atoms with Gasteiger partial charge in [-0.2, -0.15) is 15.8 Å². The Hall–Kier alpha value is -4.59. The first kappa shape index (κ1) is 29.4. The molecule has 0 fully saturated rings. The number of hydrogen-bond donors (Lipinski definition) is 0. The summed E-state index contributed by atoms with van der Waals surface area (Å²) in [5, 5.41) is 56.2. The molecule has 3 rings (SSSR count). The fourth-order valence-electron chi connectivity index (χ4n) is 2.28. The molecule has 0 atom stereocenters. The van der Waals surface area contributed by atoms with Gasteiger partial charge in [-0.25, -0.2) is 0 Å². The van der Waals surface area contributed by atoms with E-state index in [1.165, 1.54) is 36.4 Å². The Kier molecular flexibility index (Phi) is 13.2. The maximum atomic E-state index is 10.3. The minimum Gasteiger partial charge on any atom is -0.545 e. The van der Waals surface area contributed by atoms with Gasteiger partial charge in [0.1, 0.15) is 0 Å². The van der Waals surface area contributed by atoms with E-state index in [9.17, 15) is 29.7 Å². The van der Waals surface area contributed by atoms with E-state index in [2.05, 4.69) is 0 Å². The predicted octanol–water partition coefficient (Wildman–Crippen LogP) is -0.615. The molecule has 0 N–H and O–H groups in total. The second-order valence-electron chi connectivity index (χ2n) is 5.83. The molecule has 0 aromatic heterocycles. The van der Waals surface area contributed by atoms with Gasteiger partial charge in [-0.05, 0) is 18.2 Å². The van der Waals surface area contributed by atoms with Crippen LogP contribution in [0.1, 0.15) is 47.8 Å². The van der Waals surface area contributed by atoms with Crippen LogP contribution in [-0.2, 0) is 0 Å². The SMILES string of the molecule is N#Cc1ccccc1C(=O)[O-].N#Cc1ccccc1C(=O)[O-].N#Cc1ccccc1C(=O)[O-].[In+3]. The Morgan fingerprint density at radius 3 is 0.853 bits per heavy atom. The van der Waals surface area contributed by atoms with Crippen LogP contribution in [0.5, 0.6) is 0 Å². The van der Waals surface area contributed by atoms with Gasteiger partial charge in [-0.3, -0.25) is 0 Å². The molecule has 9 nitrogen and oxygen atoms in total. The Balaban J connectivity index is 0.000000473. The molecule has 0 spiro atoms. The van der Waals surface area contributed by atoms with E-state index in [1.54, 1.807) is 54.6 Å². The van der Waals surface area contributed by atoms with Crippen LogP contribution in [0, 0.1) is 34.0 Å². The Morgan fingerprint density at radius 2 is 0.706 bits per heavy atom. The largest absolute Gasteiger partial charge is 3.00 e. The van der Waals surface area contributed by atoms with Crippen LogP contribution in [0.2, 0.25) is 0 Å². The van der Waals surface area contributed by atoms with Crippen LogP contribution >= 0.6 is 0 Å². The molecule has 0 amide bonds. The van der Waals surface area contributed by atoms with Gasteiger partial charge in [-0.1, -0.05) is 54.6 Å². The molecule has 0 heterocycles. The maximum Gasteiger partial charge on any atom is 3.00 e. The van der Waals surface area contributed by atoms with Gasteiger partial charge in [0.15, 0.2) is 0 Å². The van der Waals surface area contributed by atoms with E-state index in [-0.39, 0.29) is 59.2 Å². The van der Waals surface area contributed by atoms with Crippen LogP contribution in [0.15, 0.2) is 72.8 Å². The third-order valence-corrected chi connectivity index (χ3v) is 3.80. The molecule has 0 bridgehead atoms. The first-order valence-corrected chi connectivity index (χ1v) is 8.88. The number of nitrogens with zero attached hydrogens (tertiary/aromatic N) is 3. The number of hydrogen-bond acceptors (Lipinski definition) is 9. The summed E-state index contributed by atoms with van der Waals surface area (Å²) in [6, 6.07) is 23.0. The van der Waals surface area contributed by atoms with Crippen molar-refractivity contribution in [2.75, 3.05) is 0 Å². The summed E-state index contributed by atoms with van der Waals surface area (Å²) in [5.74, 6) is -3.95. The molecule has 0 saturated heterocycles. The number of aromatic carboxylic acids is 3. The van der Waals surface area contributed by atoms with Crippen molar-refractivity contribution in [3.05, 3.63) is 106 Å². The van der Waals surface area contributed by atoms with Crippen LogP contribution < -0.4 is 15.3 Å². The summed E-state index contributed by atoms with van der Waals surface area (Å²) in [4.78, 5) is 31.0. The molecular formula is C24H12InN3O6.